The van der Waals surface area contributed by atoms with Crippen LogP contribution in [0.3, 0.4) is 0 Å². The van der Waals surface area contributed by atoms with E-state index in [1.165, 1.54) is 44.9 Å². The van der Waals surface area contributed by atoms with E-state index in [0.29, 0.717) is 17.4 Å². The van der Waals surface area contributed by atoms with Gasteiger partial charge in [0.2, 0.25) is 5.88 Å². The molecule has 0 N–H and O–H groups in total. The predicted octanol–water partition coefficient (Wildman–Crippen LogP) is 3.59. The molecule has 2 aliphatic heterocycles. The van der Waals surface area contributed by atoms with Gasteiger partial charge in [-0.1, -0.05) is 6.42 Å². The number of aromatic nitrogens is 2. The van der Waals surface area contributed by atoms with E-state index in [4.69, 9.17) is 14.5 Å². The van der Waals surface area contributed by atoms with Crippen LogP contribution < -0.4 is 9.64 Å². The zero-order valence-electron chi connectivity index (χ0n) is 14.6. The first-order chi connectivity index (χ1) is 11.8. The van der Waals surface area contributed by atoms with Gasteiger partial charge < -0.3 is 14.4 Å². The van der Waals surface area contributed by atoms with Gasteiger partial charge in [-0.25, -0.2) is 0 Å². The van der Waals surface area contributed by atoms with E-state index in [-0.39, 0.29) is 0 Å². The highest BCUT2D eigenvalue weighted by Crippen LogP contribution is 2.41. The SMILES string of the molecule is c1ncc(N2CCC3(CCOCC3)CC2)nc1OC1CCCCC1. The predicted molar refractivity (Wildman–Crippen MR) is 93.5 cm³/mol. The van der Waals surface area contributed by atoms with Gasteiger partial charge in [0.25, 0.3) is 0 Å². The second-order valence-corrected chi connectivity index (χ2v) is 7.69. The summed E-state index contributed by atoms with van der Waals surface area (Å²) in [6.07, 6.45) is 15.1. The summed E-state index contributed by atoms with van der Waals surface area (Å²) in [5.41, 5.74) is 0.512. The minimum absolute atomic E-state index is 0.329. The Balaban J connectivity index is 1.37. The maximum Gasteiger partial charge on any atom is 0.234 e. The number of hydrogen-bond donors (Lipinski definition) is 0. The van der Waals surface area contributed by atoms with Crippen molar-refractivity contribution in [2.24, 2.45) is 5.41 Å². The van der Waals surface area contributed by atoms with Crippen LogP contribution in [0.5, 0.6) is 5.88 Å². The molecule has 132 valence electrons. The zero-order chi connectivity index (χ0) is 16.2. The molecule has 0 amide bonds. The summed E-state index contributed by atoms with van der Waals surface area (Å²) in [6.45, 7) is 4.01. The molecule has 5 nitrogen and oxygen atoms in total. The third-order valence-corrected chi connectivity index (χ3v) is 6.14. The average Bonchev–Trinajstić information content (AvgIpc) is 2.64. The molecular formula is C19H29N3O2. The Morgan fingerprint density at radius 1 is 1.00 bits per heavy atom. The van der Waals surface area contributed by atoms with Crippen LogP contribution in [0.25, 0.3) is 0 Å². The van der Waals surface area contributed by atoms with Gasteiger partial charge in [0.05, 0.1) is 12.4 Å². The van der Waals surface area contributed by atoms with Crippen LogP contribution in [0, 0.1) is 5.41 Å². The van der Waals surface area contributed by atoms with Gasteiger partial charge in [-0.05, 0) is 56.8 Å². The summed E-state index contributed by atoms with van der Waals surface area (Å²) in [6, 6.07) is 0. The van der Waals surface area contributed by atoms with E-state index < -0.39 is 0 Å². The monoisotopic (exact) mass is 331 g/mol. The Morgan fingerprint density at radius 2 is 1.75 bits per heavy atom. The normalized spacial score (nSPS) is 24.9. The first kappa shape index (κ1) is 16.1. The smallest absolute Gasteiger partial charge is 0.234 e. The van der Waals surface area contributed by atoms with Gasteiger partial charge in [0, 0.05) is 26.3 Å². The molecule has 0 bridgehead atoms. The minimum atomic E-state index is 0.329. The lowest BCUT2D eigenvalue weighted by atomic mass is 9.72. The number of piperidine rings is 1. The maximum atomic E-state index is 6.08. The van der Waals surface area contributed by atoms with Gasteiger partial charge >= 0.3 is 0 Å². The summed E-state index contributed by atoms with van der Waals surface area (Å²) in [5, 5.41) is 0. The Labute approximate surface area is 144 Å². The number of hydrogen-bond acceptors (Lipinski definition) is 5. The fourth-order valence-corrected chi connectivity index (χ4v) is 4.42. The van der Waals surface area contributed by atoms with Gasteiger partial charge in [-0.2, -0.15) is 4.98 Å². The molecule has 2 saturated heterocycles. The largest absolute Gasteiger partial charge is 0.473 e. The second-order valence-electron chi connectivity index (χ2n) is 7.69. The molecule has 24 heavy (non-hydrogen) atoms. The van der Waals surface area contributed by atoms with Crippen molar-refractivity contribution in [1.29, 1.82) is 0 Å². The highest BCUT2D eigenvalue weighted by molar-refractivity contribution is 5.38. The standard InChI is InChI=1S/C19H29N3O2/c1-2-4-16(5-3-1)24-18-15-20-14-17(21-18)22-10-6-19(7-11-22)8-12-23-13-9-19/h14-16H,1-13H2. The summed E-state index contributed by atoms with van der Waals surface area (Å²) < 4.78 is 11.6. The van der Waals surface area contributed by atoms with Crippen molar-refractivity contribution in [3.8, 4) is 5.88 Å². The molecule has 3 aliphatic rings. The van der Waals surface area contributed by atoms with Crippen molar-refractivity contribution in [2.75, 3.05) is 31.2 Å². The highest BCUT2D eigenvalue weighted by atomic mass is 16.5. The topological polar surface area (TPSA) is 47.5 Å². The molecule has 0 radical (unpaired) electrons. The lowest BCUT2D eigenvalue weighted by Crippen LogP contribution is -2.43. The van der Waals surface area contributed by atoms with Crippen LogP contribution >= 0.6 is 0 Å². The van der Waals surface area contributed by atoms with Crippen LogP contribution in [0.15, 0.2) is 12.4 Å². The lowest BCUT2D eigenvalue weighted by molar-refractivity contribution is 0.00204. The van der Waals surface area contributed by atoms with E-state index in [1.807, 2.05) is 6.20 Å². The Hall–Kier alpha value is -1.36. The van der Waals surface area contributed by atoms with E-state index in [1.54, 1.807) is 6.20 Å². The highest BCUT2D eigenvalue weighted by Gasteiger charge is 2.36. The van der Waals surface area contributed by atoms with Gasteiger partial charge in [0.15, 0.2) is 5.82 Å². The summed E-state index contributed by atoms with van der Waals surface area (Å²) in [7, 11) is 0. The molecule has 4 rings (SSSR count). The van der Waals surface area contributed by atoms with E-state index in [2.05, 4.69) is 9.88 Å². The van der Waals surface area contributed by atoms with Crippen LogP contribution in [0.4, 0.5) is 5.82 Å². The third-order valence-electron chi connectivity index (χ3n) is 6.14. The average molecular weight is 331 g/mol. The Kier molecular flexibility index (Phi) is 4.88. The zero-order valence-corrected chi connectivity index (χ0v) is 14.6. The van der Waals surface area contributed by atoms with Crippen LogP contribution in [0.1, 0.15) is 57.8 Å². The molecule has 3 fully saturated rings. The van der Waals surface area contributed by atoms with E-state index in [0.717, 1.165) is 45.0 Å². The van der Waals surface area contributed by atoms with Crippen molar-refractivity contribution >= 4 is 5.82 Å². The van der Waals surface area contributed by atoms with E-state index in [9.17, 15) is 0 Å². The quantitative estimate of drug-likeness (QED) is 0.847. The number of ether oxygens (including phenoxy) is 2. The molecule has 1 saturated carbocycles. The summed E-state index contributed by atoms with van der Waals surface area (Å²) in [5.74, 6) is 1.68. The molecule has 1 aromatic rings. The number of rotatable bonds is 3. The summed E-state index contributed by atoms with van der Waals surface area (Å²) in [4.78, 5) is 11.5. The van der Waals surface area contributed by atoms with Crippen LogP contribution in [-0.2, 0) is 4.74 Å². The van der Waals surface area contributed by atoms with Crippen molar-refractivity contribution in [3.63, 3.8) is 0 Å². The fraction of sp³-hybridized carbons (Fsp3) is 0.789. The molecule has 1 aliphatic carbocycles. The van der Waals surface area contributed by atoms with Gasteiger partial charge in [-0.15, -0.1) is 0 Å². The van der Waals surface area contributed by atoms with Crippen molar-refractivity contribution in [1.82, 2.24) is 9.97 Å². The molecule has 3 heterocycles. The van der Waals surface area contributed by atoms with Gasteiger partial charge in [0.1, 0.15) is 6.10 Å². The first-order valence-electron chi connectivity index (χ1n) is 9.64. The minimum Gasteiger partial charge on any atom is -0.473 e. The molecule has 1 spiro atoms. The molecule has 1 aromatic heterocycles. The summed E-state index contributed by atoms with van der Waals surface area (Å²) >= 11 is 0. The Morgan fingerprint density at radius 3 is 2.50 bits per heavy atom. The van der Waals surface area contributed by atoms with Crippen LogP contribution in [-0.4, -0.2) is 42.4 Å². The van der Waals surface area contributed by atoms with Crippen molar-refractivity contribution < 1.29 is 9.47 Å². The lowest BCUT2D eigenvalue weighted by Gasteiger charge is -2.44. The van der Waals surface area contributed by atoms with E-state index >= 15 is 0 Å². The van der Waals surface area contributed by atoms with Gasteiger partial charge in [-0.3, -0.25) is 4.98 Å². The maximum absolute atomic E-state index is 6.08. The third kappa shape index (κ3) is 3.66. The molecular weight excluding hydrogens is 302 g/mol. The number of nitrogens with zero attached hydrogens (tertiary/aromatic N) is 3. The number of anilines is 1. The van der Waals surface area contributed by atoms with Crippen molar-refractivity contribution in [3.05, 3.63) is 12.4 Å². The molecule has 5 heteroatoms. The second kappa shape index (κ2) is 7.26. The van der Waals surface area contributed by atoms with Crippen LogP contribution in [0.2, 0.25) is 0 Å². The Bertz CT molecular complexity index is 529. The molecule has 0 atom stereocenters. The molecule has 0 aromatic carbocycles. The first-order valence-corrected chi connectivity index (χ1v) is 9.64. The fourth-order valence-electron chi connectivity index (χ4n) is 4.42. The molecule has 0 unspecified atom stereocenters. The van der Waals surface area contributed by atoms with Crippen molar-refractivity contribution in [2.45, 2.75) is 63.9 Å².